The van der Waals surface area contributed by atoms with E-state index >= 15 is 0 Å². The van der Waals surface area contributed by atoms with Crippen LogP contribution in [0.3, 0.4) is 0 Å². The molecule has 0 spiro atoms. The van der Waals surface area contributed by atoms with Crippen molar-refractivity contribution in [1.82, 2.24) is 4.90 Å². The molecule has 0 aromatic heterocycles. The number of hydrogen-bond acceptors (Lipinski definition) is 3. The smallest absolute Gasteiger partial charge is 0.226 e. The SMILES string of the molecule is CC1SC(=NC2CCCCCC2)N(C)C1CC(=O)Nc1ccc(Cl)cc1.Cl. The fraction of sp³-hybridized carbons (Fsp3) is 0.600. The number of rotatable bonds is 4. The maximum Gasteiger partial charge on any atom is 0.226 e. The van der Waals surface area contributed by atoms with E-state index in [1.165, 1.54) is 38.5 Å². The van der Waals surface area contributed by atoms with Crippen molar-refractivity contribution in [2.24, 2.45) is 4.99 Å². The Morgan fingerprint density at radius 1 is 1.22 bits per heavy atom. The highest BCUT2D eigenvalue weighted by Gasteiger charge is 2.35. The second kappa shape index (κ2) is 10.6. The molecule has 4 nitrogen and oxygen atoms in total. The highest BCUT2D eigenvalue weighted by atomic mass is 35.5. The Morgan fingerprint density at radius 2 is 1.85 bits per heavy atom. The van der Waals surface area contributed by atoms with Gasteiger partial charge in [0.2, 0.25) is 5.91 Å². The molecular formula is C20H29Cl2N3OS. The molecule has 1 aliphatic heterocycles. The Kier molecular flexibility index (Phi) is 8.77. The van der Waals surface area contributed by atoms with Gasteiger partial charge in [-0.3, -0.25) is 9.79 Å². The number of aliphatic imine (C=N–C) groups is 1. The summed E-state index contributed by atoms with van der Waals surface area (Å²) in [4.78, 5) is 19.7. The van der Waals surface area contributed by atoms with Crippen molar-refractivity contribution in [2.45, 2.75) is 69.2 Å². The summed E-state index contributed by atoms with van der Waals surface area (Å²) >= 11 is 7.71. The van der Waals surface area contributed by atoms with Crippen molar-refractivity contribution in [1.29, 1.82) is 0 Å². The van der Waals surface area contributed by atoms with Gasteiger partial charge in [-0.25, -0.2) is 0 Å². The summed E-state index contributed by atoms with van der Waals surface area (Å²) in [6.07, 6.45) is 8.14. The van der Waals surface area contributed by atoms with Crippen LogP contribution in [-0.4, -0.2) is 40.4 Å². The zero-order valence-corrected chi connectivity index (χ0v) is 18.4. The van der Waals surface area contributed by atoms with Gasteiger partial charge in [0.15, 0.2) is 5.17 Å². The van der Waals surface area contributed by atoms with Crippen LogP contribution < -0.4 is 5.32 Å². The minimum Gasteiger partial charge on any atom is -0.350 e. The van der Waals surface area contributed by atoms with Gasteiger partial charge in [0, 0.05) is 29.4 Å². The molecule has 1 saturated heterocycles. The third-order valence-electron chi connectivity index (χ3n) is 5.27. The molecule has 1 amide bonds. The normalized spacial score (nSPS) is 25.1. The van der Waals surface area contributed by atoms with Gasteiger partial charge in [-0.2, -0.15) is 0 Å². The topological polar surface area (TPSA) is 44.7 Å². The predicted molar refractivity (Wildman–Crippen MR) is 119 cm³/mol. The average Bonchev–Trinajstić information content (AvgIpc) is 2.81. The first-order valence-corrected chi connectivity index (χ1v) is 10.8. The number of benzene rings is 1. The molecular weight excluding hydrogens is 401 g/mol. The van der Waals surface area contributed by atoms with Crippen LogP contribution in [0.25, 0.3) is 0 Å². The molecule has 150 valence electrons. The molecule has 3 rings (SSSR count). The molecule has 2 aliphatic rings. The number of amidine groups is 1. The fourth-order valence-electron chi connectivity index (χ4n) is 3.69. The maximum atomic E-state index is 12.5. The van der Waals surface area contributed by atoms with Crippen molar-refractivity contribution >= 4 is 52.5 Å². The molecule has 7 heteroatoms. The van der Waals surface area contributed by atoms with Gasteiger partial charge in [0.05, 0.1) is 12.1 Å². The molecule has 2 fully saturated rings. The van der Waals surface area contributed by atoms with Gasteiger partial charge >= 0.3 is 0 Å². The van der Waals surface area contributed by atoms with Crippen LogP contribution in [0.15, 0.2) is 29.3 Å². The fourth-order valence-corrected chi connectivity index (χ4v) is 5.09. The number of nitrogens with one attached hydrogen (secondary N) is 1. The maximum absolute atomic E-state index is 12.5. The number of carbonyl (C=O) groups is 1. The standard InChI is InChI=1S/C20H28ClN3OS.ClH/c1-14-18(13-19(25)22-17-11-9-15(21)10-12-17)24(2)20(26-14)23-16-7-5-3-4-6-8-16;/h9-12,14,16,18H,3-8,13H2,1-2H3,(H,22,25);1H. The third kappa shape index (κ3) is 6.30. The largest absolute Gasteiger partial charge is 0.350 e. The summed E-state index contributed by atoms with van der Waals surface area (Å²) in [6.45, 7) is 2.19. The van der Waals surface area contributed by atoms with Gasteiger partial charge in [-0.05, 0) is 37.1 Å². The number of hydrogen-bond donors (Lipinski definition) is 1. The van der Waals surface area contributed by atoms with Gasteiger partial charge in [0.25, 0.3) is 0 Å². The second-order valence-corrected chi connectivity index (χ2v) is 9.10. The van der Waals surface area contributed by atoms with Crippen molar-refractivity contribution in [2.75, 3.05) is 12.4 Å². The molecule has 2 atom stereocenters. The summed E-state index contributed by atoms with van der Waals surface area (Å²) in [6, 6.07) is 7.86. The molecule has 1 heterocycles. The van der Waals surface area contributed by atoms with E-state index in [1.807, 2.05) is 23.9 Å². The van der Waals surface area contributed by atoms with Crippen LogP contribution in [0, 0.1) is 0 Å². The Bertz CT molecular complexity index is 645. The zero-order valence-electron chi connectivity index (χ0n) is 16.0. The van der Waals surface area contributed by atoms with Crippen LogP contribution in [0.4, 0.5) is 5.69 Å². The van der Waals surface area contributed by atoms with E-state index in [4.69, 9.17) is 16.6 Å². The molecule has 0 bridgehead atoms. The lowest BCUT2D eigenvalue weighted by Gasteiger charge is -2.23. The average molecular weight is 430 g/mol. The first-order chi connectivity index (χ1) is 12.5. The van der Waals surface area contributed by atoms with Crippen LogP contribution in [0.5, 0.6) is 0 Å². The van der Waals surface area contributed by atoms with E-state index in [9.17, 15) is 4.79 Å². The molecule has 1 aliphatic carbocycles. The lowest BCUT2D eigenvalue weighted by atomic mass is 10.1. The number of halogens is 2. The molecule has 2 unspecified atom stereocenters. The number of nitrogens with zero attached hydrogens (tertiary/aromatic N) is 2. The van der Waals surface area contributed by atoms with E-state index < -0.39 is 0 Å². The van der Waals surface area contributed by atoms with E-state index in [-0.39, 0.29) is 24.4 Å². The first-order valence-electron chi connectivity index (χ1n) is 9.55. The summed E-state index contributed by atoms with van der Waals surface area (Å²) in [5.41, 5.74) is 0.785. The predicted octanol–water partition coefficient (Wildman–Crippen LogP) is 5.60. The Labute approximate surface area is 177 Å². The molecule has 1 saturated carbocycles. The molecule has 1 aromatic rings. The van der Waals surface area contributed by atoms with Gasteiger partial charge in [0.1, 0.15) is 0 Å². The van der Waals surface area contributed by atoms with E-state index in [0.717, 1.165) is 10.9 Å². The van der Waals surface area contributed by atoms with Crippen molar-refractivity contribution in [3.8, 4) is 0 Å². The monoisotopic (exact) mass is 429 g/mol. The van der Waals surface area contributed by atoms with E-state index in [1.54, 1.807) is 12.1 Å². The highest BCUT2D eigenvalue weighted by molar-refractivity contribution is 8.14. The highest BCUT2D eigenvalue weighted by Crippen LogP contribution is 2.33. The second-order valence-electron chi connectivity index (χ2n) is 7.32. The number of anilines is 1. The number of carbonyl (C=O) groups excluding carboxylic acids is 1. The molecule has 0 radical (unpaired) electrons. The van der Waals surface area contributed by atoms with E-state index in [2.05, 4.69) is 24.2 Å². The van der Waals surface area contributed by atoms with E-state index in [0.29, 0.717) is 22.7 Å². The van der Waals surface area contributed by atoms with Crippen LogP contribution in [0.1, 0.15) is 51.9 Å². The number of amides is 1. The number of thioether (sulfide) groups is 1. The lowest BCUT2D eigenvalue weighted by Crippen LogP contribution is -2.36. The molecule has 27 heavy (non-hydrogen) atoms. The lowest BCUT2D eigenvalue weighted by molar-refractivity contribution is -0.117. The summed E-state index contributed by atoms with van der Waals surface area (Å²) in [5, 5.41) is 5.10. The van der Waals surface area contributed by atoms with Crippen LogP contribution in [0.2, 0.25) is 5.02 Å². The summed E-state index contributed by atoms with van der Waals surface area (Å²) < 4.78 is 0. The molecule has 1 N–H and O–H groups in total. The Hall–Kier alpha value is -0.910. The molecule has 1 aromatic carbocycles. The van der Waals surface area contributed by atoms with Crippen molar-refractivity contribution in [3.05, 3.63) is 29.3 Å². The van der Waals surface area contributed by atoms with Crippen molar-refractivity contribution < 1.29 is 4.79 Å². The van der Waals surface area contributed by atoms with Crippen LogP contribution >= 0.6 is 35.8 Å². The quantitative estimate of drug-likeness (QED) is 0.632. The first kappa shape index (κ1) is 22.4. The Morgan fingerprint density at radius 3 is 2.48 bits per heavy atom. The van der Waals surface area contributed by atoms with Gasteiger partial charge in [-0.15, -0.1) is 12.4 Å². The third-order valence-corrected chi connectivity index (χ3v) is 6.81. The minimum absolute atomic E-state index is 0. The van der Waals surface area contributed by atoms with Crippen LogP contribution in [-0.2, 0) is 4.79 Å². The summed E-state index contributed by atoms with van der Waals surface area (Å²) in [5.74, 6) is 0.0346. The zero-order chi connectivity index (χ0) is 18.5. The van der Waals surface area contributed by atoms with Crippen molar-refractivity contribution in [3.63, 3.8) is 0 Å². The van der Waals surface area contributed by atoms with Gasteiger partial charge in [-0.1, -0.05) is 56.0 Å². The summed E-state index contributed by atoms with van der Waals surface area (Å²) in [7, 11) is 2.08. The van der Waals surface area contributed by atoms with Gasteiger partial charge < -0.3 is 10.2 Å². The minimum atomic E-state index is 0. The Balaban J connectivity index is 0.00000261.